The molecule has 0 aromatic heterocycles. The highest BCUT2D eigenvalue weighted by molar-refractivity contribution is 5.06. The van der Waals surface area contributed by atoms with Gasteiger partial charge in [0.2, 0.25) is 0 Å². The molecule has 0 amide bonds. The molecular weight excluding hydrogens is 560 g/mol. The summed E-state index contributed by atoms with van der Waals surface area (Å²) in [5.41, 5.74) is 3.77. The van der Waals surface area contributed by atoms with Crippen LogP contribution < -0.4 is 0 Å². The minimum absolute atomic E-state index is 0.0239. The van der Waals surface area contributed by atoms with Crippen molar-refractivity contribution in [2.24, 2.45) is 0 Å². The lowest BCUT2D eigenvalue weighted by Crippen LogP contribution is -2.60. The van der Waals surface area contributed by atoms with E-state index in [0.717, 1.165) is 38.5 Å². The highest BCUT2D eigenvalue weighted by Crippen LogP contribution is 2.44. The first kappa shape index (κ1) is 38.8. The smallest absolute Gasteiger partial charge is 0.187 e. The number of allylic oxidation sites excluding steroid dienone is 8. The average Bonchev–Trinajstić information content (AvgIpc) is 3.59. The van der Waals surface area contributed by atoms with Crippen LogP contribution in [0.4, 0.5) is 0 Å². The van der Waals surface area contributed by atoms with Crippen LogP contribution in [0.1, 0.15) is 120 Å². The van der Waals surface area contributed by atoms with E-state index in [-0.39, 0.29) is 11.7 Å². The molecule has 5 N–H and O–H groups in total. The van der Waals surface area contributed by atoms with Gasteiger partial charge in [0.15, 0.2) is 6.29 Å². The maximum absolute atomic E-state index is 11.6. The molecule has 2 heterocycles. The number of epoxide rings is 1. The molecule has 44 heavy (non-hydrogen) atoms. The van der Waals surface area contributed by atoms with Crippen molar-refractivity contribution in [3.8, 4) is 0 Å². The summed E-state index contributed by atoms with van der Waals surface area (Å²) in [6, 6.07) is 0. The Morgan fingerprint density at radius 2 is 1.41 bits per heavy atom. The van der Waals surface area contributed by atoms with Crippen molar-refractivity contribution < 1.29 is 39.7 Å². The molecule has 0 aromatic carbocycles. The van der Waals surface area contributed by atoms with Gasteiger partial charge in [0.1, 0.15) is 24.4 Å². The molecule has 2 rings (SSSR count). The van der Waals surface area contributed by atoms with Crippen molar-refractivity contribution in [3.05, 3.63) is 46.6 Å². The van der Waals surface area contributed by atoms with E-state index in [0.29, 0.717) is 25.7 Å². The summed E-state index contributed by atoms with van der Waals surface area (Å²) in [5, 5.41) is 52.4. The van der Waals surface area contributed by atoms with Gasteiger partial charge in [0.25, 0.3) is 0 Å². The molecule has 2 saturated heterocycles. The van der Waals surface area contributed by atoms with Crippen LogP contribution in [0.3, 0.4) is 0 Å². The van der Waals surface area contributed by atoms with E-state index in [1.165, 1.54) is 22.3 Å². The Morgan fingerprint density at radius 3 is 1.95 bits per heavy atom. The van der Waals surface area contributed by atoms with E-state index in [1.807, 2.05) is 0 Å². The molecule has 2 fully saturated rings. The van der Waals surface area contributed by atoms with Crippen LogP contribution in [0.2, 0.25) is 0 Å². The third-order valence-electron chi connectivity index (χ3n) is 9.03. The molecule has 0 aliphatic carbocycles. The minimum Gasteiger partial charge on any atom is -0.394 e. The van der Waals surface area contributed by atoms with E-state index in [9.17, 15) is 25.5 Å². The van der Waals surface area contributed by atoms with Crippen molar-refractivity contribution in [1.82, 2.24) is 0 Å². The first-order valence-electron chi connectivity index (χ1n) is 16.5. The normalized spacial score (nSPS) is 31.3. The Balaban J connectivity index is 2.04. The number of aliphatic hydroxyl groups is 5. The lowest BCUT2D eigenvalue weighted by atomic mass is 9.87. The SMILES string of the molecule is CC(C)=CCCC(C)=CCCC(C)(O)C(CCC1OC1(C)CCC=C(C)CCC=C(C)C)OC1OC(CO)C(O)C(O)C1O. The molecule has 2 aliphatic heterocycles. The lowest BCUT2D eigenvalue weighted by molar-refractivity contribution is -0.323. The first-order valence-corrected chi connectivity index (χ1v) is 16.5. The van der Waals surface area contributed by atoms with Crippen molar-refractivity contribution in [2.75, 3.05) is 6.61 Å². The van der Waals surface area contributed by atoms with Gasteiger partial charge >= 0.3 is 0 Å². The average molecular weight is 623 g/mol. The number of hydrogen-bond acceptors (Lipinski definition) is 8. The Labute approximate surface area is 266 Å². The van der Waals surface area contributed by atoms with Gasteiger partial charge in [-0.25, -0.2) is 0 Å². The monoisotopic (exact) mass is 622 g/mol. The zero-order valence-corrected chi connectivity index (χ0v) is 28.6. The molecule has 8 heteroatoms. The molecule has 9 atom stereocenters. The van der Waals surface area contributed by atoms with Gasteiger partial charge in [-0.3, -0.25) is 0 Å². The quantitative estimate of drug-likeness (QED) is 0.0902. The second-order valence-corrected chi connectivity index (χ2v) is 14.0. The van der Waals surface area contributed by atoms with Gasteiger partial charge in [-0.1, -0.05) is 46.6 Å². The van der Waals surface area contributed by atoms with E-state index < -0.39 is 49.0 Å². The van der Waals surface area contributed by atoms with Crippen molar-refractivity contribution in [1.29, 1.82) is 0 Å². The predicted octanol–water partition coefficient (Wildman–Crippen LogP) is 5.81. The van der Waals surface area contributed by atoms with Crippen LogP contribution in [0, 0.1) is 0 Å². The van der Waals surface area contributed by atoms with Crippen LogP contribution in [-0.2, 0) is 14.2 Å². The Kier molecular flexibility index (Phi) is 16.0. The Morgan fingerprint density at radius 1 is 0.841 bits per heavy atom. The number of hydrogen-bond donors (Lipinski definition) is 5. The summed E-state index contributed by atoms with van der Waals surface area (Å²) in [5.74, 6) is 0. The van der Waals surface area contributed by atoms with E-state index >= 15 is 0 Å². The zero-order chi connectivity index (χ0) is 33.1. The van der Waals surface area contributed by atoms with Crippen LogP contribution in [0.5, 0.6) is 0 Å². The van der Waals surface area contributed by atoms with Crippen LogP contribution >= 0.6 is 0 Å². The summed E-state index contributed by atoms with van der Waals surface area (Å²) in [6.45, 7) is 16.0. The standard InChI is InChI=1S/C36H62O8/c1-24(2)13-9-15-26(5)17-11-21-35(7,41)29(43-34-33(40)32(39)31(38)28(23-37)42-34)19-20-30-36(8,44-30)22-12-18-27(6)16-10-14-25(3)4/h13-14,17-18,28-34,37-41H,9-12,15-16,19-23H2,1-8H3. The zero-order valence-electron chi connectivity index (χ0n) is 28.6. The summed E-state index contributed by atoms with van der Waals surface area (Å²) in [7, 11) is 0. The predicted molar refractivity (Wildman–Crippen MR) is 175 cm³/mol. The van der Waals surface area contributed by atoms with Gasteiger partial charge in [-0.2, -0.15) is 0 Å². The maximum atomic E-state index is 11.6. The van der Waals surface area contributed by atoms with Crippen molar-refractivity contribution >= 4 is 0 Å². The second-order valence-electron chi connectivity index (χ2n) is 14.0. The molecule has 0 radical (unpaired) electrons. The van der Waals surface area contributed by atoms with Crippen molar-refractivity contribution in [3.63, 3.8) is 0 Å². The van der Waals surface area contributed by atoms with Gasteiger partial charge in [-0.15, -0.1) is 0 Å². The van der Waals surface area contributed by atoms with Crippen LogP contribution in [-0.4, -0.2) is 86.3 Å². The fourth-order valence-electron chi connectivity index (χ4n) is 5.80. The van der Waals surface area contributed by atoms with Gasteiger partial charge in [0, 0.05) is 0 Å². The fourth-order valence-corrected chi connectivity index (χ4v) is 5.80. The number of ether oxygens (including phenoxy) is 3. The minimum atomic E-state index is -1.54. The molecule has 0 spiro atoms. The lowest BCUT2D eigenvalue weighted by Gasteiger charge is -2.43. The largest absolute Gasteiger partial charge is 0.394 e. The fraction of sp³-hybridized carbons (Fsp3) is 0.778. The topological polar surface area (TPSA) is 132 Å². The summed E-state index contributed by atoms with van der Waals surface area (Å²) >= 11 is 0. The van der Waals surface area contributed by atoms with Crippen LogP contribution in [0.25, 0.3) is 0 Å². The number of aliphatic hydroxyl groups excluding tert-OH is 4. The molecule has 0 bridgehead atoms. The van der Waals surface area contributed by atoms with E-state index in [1.54, 1.807) is 6.92 Å². The van der Waals surface area contributed by atoms with Crippen LogP contribution in [0.15, 0.2) is 46.6 Å². The highest BCUT2D eigenvalue weighted by Gasteiger charge is 2.52. The second kappa shape index (κ2) is 18.1. The Hall–Kier alpha value is -1.36. The summed E-state index contributed by atoms with van der Waals surface area (Å²) in [4.78, 5) is 0. The van der Waals surface area contributed by atoms with E-state index in [4.69, 9.17) is 14.2 Å². The third-order valence-corrected chi connectivity index (χ3v) is 9.03. The summed E-state index contributed by atoms with van der Waals surface area (Å²) < 4.78 is 17.9. The number of rotatable bonds is 19. The highest BCUT2D eigenvalue weighted by atomic mass is 16.7. The van der Waals surface area contributed by atoms with Crippen molar-refractivity contribution in [2.45, 2.75) is 174 Å². The molecule has 8 nitrogen and oxygen atoms in total. The summed E-state index contributed by atoms with van der Waals surface area (Å²) in [6.07, 6.45) is 9.35. The maximum Gasteiger partial charge on any atom is 0.187 e. The Bertz CT molecular complexity index is 988. The molecule has 0 aromatic rings. The van der Waals surface area contributed by atoms with Gasteiger partial charge in [0.05, 0.1) is 30.0 Å². The molecular formula is C36H62O8. The van der Waals surface area contributed by atoms with E-state index in [2.05, 4.69) is 72.8 Å². The first-order chi connectivity index (χ1) is 20.6. The third kappa shape index (κ3) is 12.8. The molecule has 9 unspecified atom stereocenters. The van der Waals surface area contributed by atoms with Gasteiger partial charge in [-0.05, 0) is 120 Å². The van der Waals surface area contributed by atoms with Gasteiger partial charge < -0.3 is 39.7 Å². The molecule has 254 valence electrons. The molecule has 2 aliphatic rings. The molecule has 0 saturated carbocycles.